The average molecular weight is 379 g/mol. The van der Waals surface area contributed by atoms with Crippen LogP contribution in [0.15, 0.2) is 24.3 Å². The van der Waals surface area contributed by atoms with Crippen molar-refractivity contribution in [2.75, 3.05) is 24.2 Å². The fourth-order valence-electron chi connectivity index (χ4n) is 2.72. The maximum atomic E-state index is 13.4. The van der Waals surface area contributed by atoms with Crippen LogP contribution in [0.3, 0.4) is 0 Å². The van der Waals surface area contributed by atoms with Crippen LogP contribution in [0.25, 0.3) is 11.3 Å². The predicted molar refractivity (Wildman–Crippen MR) is 98.2 cm³/mol. The van der Waals surface area contributed by atoms with Crippen molar-refractivity contribution in [2.45, 2.75) is 32.3 Å². The maximum absolute atomic E-state index is 13.4. The lowest BCUT2D eigenvalue weighted by Crippen LogP contribution is -2.28. The number of aromatic nitrogens is 2. The van der Waals surface area contributed by atoms with Crippen LogP contribution >= 0.6 is 0 Å². The van der Waals surface area contributed by atoms with E-state index in [0.29, 0.717) is 18.7 Å². The minimum atomic E-state index is -3.50. The van der Waals surface area contributed by atoms with Crippen molar-refractivity contribution >= 4 is 16.0 Å². The van der Waals surface area contributed by atoms with Gasteiger partial charge in [-0.25, -0.2) is 27.1 Å². The third kappa shape index (κ3) is 4.02. The molecule has 1 aromatic heterocycles. The molecule has 26 heavy (non-hydrogen) atoms. The summed E-state index contributed by atoms with van der Waals surface area (Å²) >= 11 is 0. The summed E-state index contributed by atoms with van der Waals surface area (Å²) in [5.41, 5.74) is 3.03. The molecule has 0 N–H and O–H groups in total. The minimum absolute atomic E-state index is 0.0673. The van der Waals surface area contributed by atoms with Crippen molar-refractivity contribution in [3.8, 4) is 11.3 Å². The normalized spacial score (nSPS) is 16.8. The van der Waals surface area contributed by atoms with Gasteiger partial charge in [0.25, 0.3) is 0 Å². The van der Waals surface area contributed by atoms with E-state index in [2.05, 4.69) is 9.97 Å². The monoisotopic (exact) mass is 379 g/mol. The Kier molecular flexibility index (Phi) is 4.98. The van der Waals surface area contributed by atoms with Crippen molar-refractivity contribution in [1.29, 1.82) is 0 Å². The highest BCUT2D eigenvalue weighted by Gasteiger charge is 2.29. The molecule has 1 aliphatic heterocycles. The Bertz CT molecular complexity index is 910. The summed E-state index contributed by atoms with van der Waals surface area (Å²) in [5.74, 6) is -0.166. The third-order valence-corrected chi connectivity index (χ3v) is 5.46. The van der Waals surface area contributed by atoms with Crippen LogP contribution in [0.1, 0.15) is 31.0 Å². The summed E-state index contributed by atoms with van der Waals surface area (Å²) in [6.45, 7) is 4.68. The molecular formula is C18H22FN3O3S. The van der Waals surface area contributed by atoms with Gasteiger partial charge in [-0.3, -0.25) is 0 Å². The zero-order chi connectivity index (χ0) is 19.1. The lowest BCUT2D eigenvalue weighted by molar-refractivity contribution is 0.406. The Morgan fingerprint density at radius 1 is 1.27 bits per heavy atom. The van der Waals surface area contributed by atoms with Gasteiger partial charge in [0.05, 0.1) is 30.4 Å². The molecule has 8 heteroatoms. The molecular weight excluding hydrogens is 357 g/mol. The summed E-state index contributed by atoms with van der Waals surface area (Å²) < 4.78 is 43.7. The number of anilines is 1. The Balaban J connectivity index is 2.22. The molecule has 2 aromatic rings. The number of sulfonamides is 1. The molecule has 1 unspecified atom stereocenters. The van der Waals surface area contributed by atoms with E-state index in [1.54, 1.807) is 12.1 Å². The number of halogens is 1. The van der Waals surface area contributed by atoms with Crippen LogP contribution in [-0.2, 0) is 21.2 Å². The van der Waals surface area contributed by atoms with Crippen molar-refractivity contribution in [3.63, 3.8) is 0 Å². The second-order valence-corrected chi connectivity index (χ2v) is 8.80. The molecule has 1 saturated heterocycles. The zero-order valence-corrected chi connectivity index (χ0v) is 16.0. The molecule has 1 aromatic carbocycles. The summed E-state index contributed by atoms with van der Waals surface area (Å²) in [5, 5.41) is 0. The molecule has 0 amide bonds. The van der Waals surface area contributed by atoms with Gasteiger partial charge in [-0.15, -0.1) is 0 Å². The molecule has 2 heterocycles. The first-order valence-electron chi connectivity index (χ1n) is 8.39. The standard InChI is InChI=1S/C18H22FN3O3S/c1-11(2)16-15(9-14-10-25-14)17(12-5-7-13(19)8-6-12)21-18(20-16)22(3)26(4,23)24/h5-8,11,14H,9-10H2,1-4H3. The van der Waals surface area contributed by atoms with Crippen molar-refractivity contribution in [3.05, 3.63) is 41.3 Å². The Morgan fingerprint density at radius 2 is 1.88 bits per heavy atom. The van der Waals surface area contributed by atoms with Crippen LogP contribution in [0.5, 0.6) is 0 Å². The maximum Gasteiger partial charge on any atom is 0.239 e. The molecule has 1 fully saturated rings. The van der Waals surface area contributed by atoms with Gasteiger partial charge in [0, 0.05) is 24.6 Å². The van der Waals surface area contributed by atoms with Crippen molar-refractivity contribution in [2.24, 2.45) is 0 Å². The molecule has 1 atom stereocenters. The molecule has 0 bridgehead atoms. The first-order chi connectivity index (χ1) is 12.2. The van der Waals surface area contributed by atoms with Gasteiger partial charge in [0.2, 0.25) is 16.0 Å². The molecule has 1 aliphatic rings. The van der Waals surface area contributed by atoms with Crippen LogP contribution in [0.4, 0.5) is 10.3 Å². The molecule has 6 nitrogen and oxygen atoms in total. The van der Waals surface area contributed by atoms with Gasteiger partial charge in [-0.05, 0) is 30.2 Å². The smallest absolute Gasteiger partial charge is 0.239 e. The lowest BCUT2D eigenvalue weighted by atomic mass is 9.95. The Morgan fingerprint density at radius 3 is 2.38 bits per heavy atom. The largest absolute Gasteiger partial charge is 0.373 e. The van der Waals surface area contributed by atoms with E-state index < -0.39 is 10.0 Å². The van der Waals surface area contributed by atoms with Gasteiger partial charge >= 0.3 is 0 Å². The second kappa shape index (κ2) is 6.92. The first kappa shape index (κ1) is 18.7. The number of rotatable bonds is 6. The van der Waals surface area contributed by atoms with Gasteiger partial charge in [0.15, 0.2) is 0 Å². The highest BCUT2D eigenvalue weighted by Crippen LogP contribution is 2.33. The predicted octanol–water partition coefficient (Wildman–Crippen LogP) is 2.74. The molecule has 0 spiro atoms. The number of benzene rings is 1. The molecule has 0 radical (unpaired) electrons. The number of hydrogen-bond acceptors (Lipinski definition) is 5. The van der Waals surface area contributed by atoms with E-state index in [1.165, 1.54) is 19.2 Å². The van der Waals surface area contributed by atoms with E-state index in [1.807, 2.05) is 13.8 Å². The van der Waals surface area contributed by atoms with E-state index in [4.69, 9.17) is 4.74 Å². The van der Waals surface area contributed by atoms with Gasteiger partial charge in [-0.2, -0.15) is 0 Å². The average Bonchev–Trinajstić information content (AvgIpc) is 3.38. The molecule has 3 rings (SSSR count). The van der Waals surface area contributed by atoms with E-state index in [-0.39, 0.29) is 23.8 Å². The van der Waals surface area contributed by atoms with Crippen LogP contribution in [0.2, 0.25) is 0 Å². The topological polar surface area (TPSA) is 75.7 Å². The highest BCUT2D eigenvalue weighted by molar-refractivity contribution is 7.92. The van der Waals surface area contributed by atoms with Gasteiger partial charge in [0.1, 0.15) is 5.82 Å². The number of nitrogens with zero attached hydrogens (tertiary/aromatic N) is 3. The number of ether oxygens (including phenoxy) is 1. The summed E-state index contributed by atoms with van der Waals surface area (Å²) in [4.78, 5) is 9.05. The first-order valence-corrected chi connectivity index (χ1v) is 10.2. The summed E-state index contributed by atoms with van der Waals surface area (Å²) in [6.07, 6.45) is 1.87. The van der Waals surface area contributed by atoms with E-state index in [9.17, 15) is 12.8 Å². The van der Waals surface area contributed by atoms with Crippen LogP contribution in [0, 0.1) is 5.82 Å². The summed E-state index contributed by atoms with van der Waals surface area (Å²) in [6, 6.07) is 6.01. The number of hydrogen-bond donors (Lipinski definition) is 0. The Labute approximate surface area is 153 Å². The molecule has 140 valence electrons. The summed E-state index contributed by atoms with van der Waals surface area (Å²) in [7, 11) is -2.08. The minimum Gasteiger partial charge on any atom is -0.373 e. The fraction of sp³-hybridized carbons (Fsp3) is 0.444. The van der Waals surface area contributed by atoms with E-state index >= 15 is 0 Å². The zero-order valence-electron chi connectivity index (χ0n) is 15.2. The molecule has 0 saturated carbocycles. The third-order valence-electron chi connectivity index (χ3n) is 4.31. The number of epoxide rings is 1. The Hall–Kier alpha value is -2.06. The van der Waals surface area contributed by atoms with Crippen LogP contribution in [-0.4, -0.2) is 44.4 Å². The fourth-order valence-corrected chi connectivity index (χ4v) is 3.10. The van der Waals surface area contributed by atoms with Gasteiger partial charge < -0.3 is 4.74 Å². The SMILES string of the molecule is CC(C)c1nc(N(C)S(C)(=O)=O)nc(-c2ccc(F)cc2)c1CC1CO1. The lowest BCUT2D eigenvalue weighted by Gasteiger charge is -2.21. The van der Waals surface area contributed by atoms with Gasteiger partial charge in [-0.1, -0.05) is 13.8 Å². The molecule has 0 aliphatic carbocycles. The van der Waals surface area contributed by atoms with Crippen molar-refractivity contribution < 1.29 is 17.5 Å². The van der Waals surface area contributed by atoms with E-state index in [0.717, 1.165) is 27.4 Å². The quantitative estimate of drug-likeness (QED) is 0.722. The van der Waals surface area contributed by atoms with Crippen LogP contribution < -0.4 is 4.31 Å². The highest BCUT2D eigenvalue weighted by atomic mass is 32.2. The second-order valence-electron chi connectivity index (χ2n) is 6.79. The van der Waals surface area contributed by atoms with Crippen molar-refractivity contribution in [1.82, 2.24) is 9.97 Å².